The van der Waals surface area contributed by atoms with Gasteiger partial charge in [0.15, 0.2) is 0 Å². The van der Waals surface area contributed by atoms with Crippen LogP contribution < -0.4 is 5.32 Å². The molecule has 21 heavy (non-hydrogen) atoms. The Hall–Kier alpha value is -1.85. The van der Waals surface area contributed by atoms with Crippen LogP contribution in [0.4, 0.5) is 0 Å². The highest BCUT2D eigenvalue weighted by Gasteiger charge is 2.35. The summed E-state index contributed by atoms with van der Waals surface area (Å²) in [7, 11) is 0. The zero-order valence-electron chi connectivity index (χ0n) is 12.2. The van der Waals surface area contributed by atoms with Crippen molar-refractivity contribution in [3.05, 3.63) is 12.2 Å². The van der Waals surface area contributed by atoms with E-state index in [-0.39, 0.29) is 11.8 Å². The second-order valence-corrected chi connectivity index (χ2v) is 5.76. The Morgan fingerprint density at radius 3 is 2.29 bits per heavy atom. The molecule has 1 saturated heterocycles. The van der Waals surface area contributed by atoms with Crippen LogP contribution >= 0.6 is 0 Å². The summed E-state index contributed by atoms with van der Waals surface area (Å²) in [5.41, 5.74) is 0. The monoisotopic (exact) mass is 294 g/mol. The van der Waals surface area contributed by atoms with Crippen LogP contribution in [0.15, 0.2) is 12.2 Å². The van der Waals surface area contributed by atoms with Crippen LogP contribution in [0.25, 0.3) is 0 Å². The van der Waals surface area contributed by atoms with Crippen LogP contribution in [-0.2, 0) is 14.4 Å². The number of nitrogens with zero attached hydrogens (tertiary/aromatic N) is 1. The summed E-state index contributed by atoms with van der Waals surface area (Å²) < 4.78 is 0. The number of likely N-dealkylation sites (tertiary alicyclic amines) is 1. The third kappa shape index (κ3) is 3.62. The highest BCUT2D eigenvalue weighted by atomic mass is 16.4. The van der Waals surface area contributed by atoms with E-state index in [9.17, 15) is 19.5 Å². The summed E-state index contributed by atoms with van der Waals surface area (Å²) in [6.07, 6.45) is 6.40. The number of rotatable bonds is 4. The van der Waals surface area contributed by atoms with E-state index in [0.717, 1.165) is 25.9 Å². The van der Waals surface area contributed by atoms with Gasteiger partial charge in [0.2, 0.25) is 11.8 Å². The van der Waals surface area contributed by atoms with Gasteiger partial charge in [0.05, 0.1) is 11.8 Å². The standard InChI is InChI=1S/C15H22N2O4/c1-10(14(19)17-8-4-5-9-17)16-13(18)11-6-2-3-7-12(11)15(20)21/h2-3,10-12H,4-9H2,1H3,(H,16,18)(H,20,21)/t10?,11-,12+/m1/s1. The Balaban J connectivity index is 1.94. The van der Waals surface area contributed by atoms with Crippen molar-refractivity contribution >= 4 is 17.8 Å². The van der Waals surface area contributed by atoms with Gasteiger partial charge in [-0.15, -0.1) is 0 Å². The summed E-state index contributed by atoms with van der Waals surface area (Å²) in [6, 6.07) is -0.601. The van der Waals surface area contributed by atoms with Crippen LogP contribution in [-0.4, -0.2) is 46.9 Å². The molecule has 0 radical (unpaired) electrons. The molecule has 2 rings (SSSR count). The number of carboxylic acids is 1. The molecule has 1 unspecified atom stereocenters. The van der Waals surface area contributed by atoms with Crippen LogP contribution in [0, 0.1) is 11.8 Å². The van der Waals surface area contributed by atoms with E-state index in [1.54, 1.807) is 17.9 Å². The molecule has 0 aromatic rings. The molecular weight excluding hydrogens is 272 g/mol. The zero-order valence-corrected chi connectivity index (χ0v) is 12.2. The van der Waals surface area contributed by atoms with Crippen molar-refractivity contribution in [1.82, 2.24) is 10.2 Å². The number of hydrogen-bond donors (Lipinski definition) is 2. The molecule has 0 bridgehead atoms. The Morgan fingerprint density at radius 2 is 1.71 bits per heavy atom. The van der Waals surface area contributed by atoms with Crippen molar-refractivity contribution in [2.75, 3.05) is 13.1 Å². The van der Waals surface area contributed by atoms with Crippen LogP contribution in [0.1, 0.15) is 32.6 Å². The molecule has 6 heteroatoms. The van der Waals surface area contributed by atoms with Gasteiger partial charge in [-0.1, -0.05) is 12.2 Å². The number of carbonyl (C=O) groups is 3. The predicted octanol–water partition coefficient (Wildman–Crippen LogP) is 0.781. The fraction of sp³-hybridized carbons (Fsp3) is 0.667. The third-order valence-electron chi connectivity index (χ3n) is 4.23. The van der Waals surface area contributed by atoms with Crippen molar-refractivity contribution in [2.45, 2.75) is 38.6 Å². The fourth-order valence-electron chi connectivity index (χ4n) is 2.97. The van der Waals surface area contributed by atoms with E-state index in [4.69, 9.17) is 0 Å². The average Bonchev–Trinajstić information content (AvgIpc) is 3.00. The number of amides is 2. The molecule has 0 spiro atoms. The minimum Gasteiger partial charge on any atom is -0.481 e. The van der Waals surface area contributed by atoms with E-state index in [2.05, 4.69) is 5.32 Å². The molecule has 2 aliphatic rings. The van der Waals surface area contributed by atoms with Crippen molar-refractivity contribution in [3.63, 3.8) is 0 Å². The first-order chi connectivity index (χ1) is 10.0. The van der Waals surface area contributed by atoms with Crippen LogP contribution in [0.5, 0.6) is 0 Å². The van der Waals surface area contributed by atoms with Gasteiger partial charge in [0.1, 0.15) is 6.04 Å². The number of carboxylic acid groups (broad SMARTS) is 1. The smallest absolute Gasteiger partial charge is 0.307 e. The quantitative estimate of drug-likeness (QED) is 0.750. The minimum atomic E-state index is -0.960. The lowest BCUT2D eigenvalue weighted by atomic mass is 9.82. The predicted molar refractivity (Wildman–Crippen MR) is 76.4 cm³/mol. The molecule has 6 nitrogen and oxygen atoms in total. The second kappa shape index (κ2) is 6.74. The first-order valence-corrected chi connectivity index (χ1v) is 7.47. The topological polar surface area (TPSA) is 86.7 Å². The molecule has 0 aromatic carbocycles. The van der Waals surface area contributed by atoms with Gasteiger partial charge in [0, 0.05) is 13.1 Å². The average molecular weight is 294 g/mol. The van der Waals surface area contributed by atoms with Crippen molar-refractivity contribution in [2.24, 2.45) is 11.8 Å². The Labute approximate surface area is 124 Å². The number of hydrogen-bond acceptors (Lipinski definition) is 3. The zero-order chi connectivity index (χ0) is 15.4. The van der Waals surface area contributed by atoms with E-state index in [0.29, 0.717) is 12.8 Å². The molecule has 0 aromatic heterocycles. The van der Waals surface area contributed by atoms with E-state index in [1.807, 2.05) is 6.08 Å². The van der Waals surface area contributed by atoms with Crippen molar-refractivity contribution in [1.29, 1.82) is 0 Å². The summed E-state index contributed by atoms with van der Waals surface area (Å²) in [5.74, 6) is -2.69. The van der Waals surface area contributed by atoms with Gasteiger partial charge < -0.3 is 15.3 Å². The van der Waals surface area contributed by atoms with Crippen molar-refractivity contribution in [3.8, 4) is 0 Å². The molecule has 0 saturated carbocycles. The van der Waals surface area contributed by atoms with E-state index < -0.39 is 23.8 Å². The first kappa shape index (κ1) is 15.5. The van der Waals surface area contributed by atoms with Gasteiger partial charge >= 0.3 is 5.97 Å². The van der Waals surface area contributed by atoms with Crippen LogP contribution in [0.2, 0.25) is 0 Å². The minimum absolute atomic E-state index is 0.0842. The SMILES string of the molecule is CC(NC(=O)[C@@H]1CC=CC[C@@H]1C(=O)O)C(=O)N1CCCC1. The summed E-state index contributed by atoms with van der Waals surface area (Å²) in [5, 5.41) is 11.9. The molecule has 2 N–H and O–H groups in total. The molecular formula is C15H22N2O4. The summed E-state index contributed by atoms with van der Waals surface area (Å²) in [6.45, 7) is 3.14. The lowest BCUT2D eigenvalue weighted by Gasteiger charge is -2.27. The maximum Gasteiger partial charge on any atom is 0.307 e. The number of carbonyl (C=O) groups excluding carboxylic acids is 2. The van der Waals surface area contributed by atoms with Gasteiger partial charge in [-0.3, -0.25) is 14.4 Å². The van der Waals surface area contributed by atoms with Gasteiger partial charge in [-0.2, -0.15) is 0 Å². The third-order valence-corrected chi connectivity index (χ3v) is 4.23. The van der Waals surface area contributed by atoms with Crippen LogP contribution in [0.3, 0.4) is 0 Å². The first-order valence-electron chi connectivity index (χ1n) is 7.47. The molecule has 3 atom stereocenters. The lowest BCUT2D eigenvalue weighted by Crippen LogP contribution is -2.49. The molecule has 2 amide bonds. The molecule has 1 aliphatic heterocycles. The lowest BCUT2D eigenvalue weighted by molar-refractivity contribution is -0.147. The van der Waals surface area contributed by atoms with Gasteiger partial charge in [-0.05, 0) is 32.6 Å². The van der Waals surface area contributed by atoms with Gasteiger partial charge in [0.25, 0.3) is 0 Å². The number of aliphatic carboxylic acids is 1. The molecule has 116 valence electrons. The Bertz CT molecular complexity index is 455. The maximum atomic E-state index is 12.3. The number of nitrogens with one attached hydrogen (secondary N) is 1. The second-order valence-electron chi connectivity index (χ2n) is 5.76. The van der Waals surface area contributed by atoms with Crippen molar-refractivity contribution < 1.29 is 19.5 Å². The highest BCUT2D eigenvalue weighted by Crippen LogP contribution is 2.26. The highest BCUT2D eigenvalue weighted by molar-refractivity contribution is 5.90. The van der Waals surface area contributed by atoms with E-state index in [1.165, 1.54) is 0 Å². The largest absolute Gasteiger partial charge is 0.481 e. The van der Waals surface area contributed by atoms with E-state index >= 15 is 0 Å². The number of allylic oxidation sites excluding steroid dienone is 2. The molecule has 1 fully saturated rings. The summed E-state index contributed by atoms with van der Waals surface area (Å²) in [4.78, 5) is 37.4. The molecule has 1 heterocycles. The Kier molecular flexibility index (Phi) is 4.98. The van der Waals surface area contributed by atoms with Gasteiger partial charge in [-0.25, -0.2) is 0 Å². The maximum absolute atomic E-state index is 12.3. The normalized spacial score (nSPS) is 26.4. The molecule has 1 aliphatic carbocycles. The fourth-order valence-corrected chi connectivity index (χ4v) is 2.97. The summed E-state index contributed by atoms with van der Waals surface area (Å²) >= 11 is 0. The Morgan fingerprint density at radius 1 is 1.14 bits per heavy atom.